The molecule has 0 fully saturated rings. The summed E-state index contributed by atoms with van der Waals surface area (Å²) in [4.78, 5) is 21.4. The third kappa shape index (κ3) is 2.89. The van der Waals surface area contributed by atoms with E-state index in [0.29, 0.717) is 32.2 Å². The van der Waals surface area contributed by atoms with Crippen molar-refractivity contribution in [1.82, 2.24) is 9.55 Å². The van der Waals surface area contributed by atoms with E-state index < -0.39 is 0 Å². The Morgan fingerprint density at radius 3 is 2.69 bits per heavy atom. The summed E-state index contributed by atoms with van der Waals surface area (Å²) in [5, 5.41) is 14.8. The van der Waals surface area contributed by atoms with Gasteiger partial charge in [0, 0.05) is 33.6 Å². The van der Waals surface area contributed by atoms with E-state index in [2.05, 4.69) is 9.98 Å². The second-order valence-electron chi connectivity index (χ2n) is 5.48. The summed E-state index contributed by atoms with van der Waals surface area (Å²) in [7, 11) is 0. The molecular weight excluding hydrogens is 370 g/mol. The molecule has 2 aromatic heterocycles. The van der Waals surface area contributed by atoms with Crippen molar-refractivity contribution in [3.63, 3.8) is 0 Å². The first-order valence-electron chi connectivity index (χ1n) is 7.71. The van der Waals surface area contributed by atoms with Crippen molar-refractivity contribution in [3.05, 3.63) is 81.0 Å². The quantitative estimate of drug-likeness (QED) is 0.529. The van der Waals surface area contributed by atoms with Gasteiger partial charge in [0.25, 0.3) is 5.56 Å². The van der Waals surface area contributed by atoms with Gasteiger partial charge in [-0.25, -0.2) is 14.5 Å². The fourth-order valence-electron chi connectivity index (χ4n) is 2.74. The molecule has 0 radical (unpaired) electrons. The minimum Gasteiger partial charge on any atom is -0.494 e. The second kappa shape index (κ2) is 6.74. The molecule has 5 nitrogen and oxygen atoms in total. The lowest BCUT2D eigenvalue weighted by Crippen LogP contribution is -2.20. The molecule has 0 aliphatic rings. The molecular formula is C19H12ClN3O2S. The number of rotatable bonds is 3. The van der Waals surface area contributed by atoms with Gasteiger partial charge in [0.05, 0.1) is 11.3 Å². The summed E-state index contributed by atoms with van der Waals surface area (Å²) in [5.74, 6) is -0.198. The normalized spacial score (nSPS) is 11.4. The zero-order chi connectivity index (χ0) is 18.1. The van der Waals surface area contributed by atoms with Gasteiger partial charge in [-0.3, -0.25) is 4.79 Å². The standard InChI is InChI=1S/C19H12ClN3O2S/c20-12-4-3-5-13(10-12)23-17(24)15-7-2-1-6-14(15)16(18(23)25)11-22-19-21-8-9-26-19/h1-11,25H/b22-11+. The van der Waals surface area contributed by atoms with Crippen LogP contribution in [-0.4, -0.2) is 20.9 Å². The van der Waals surface area contributed by atoms with E-state index in [4.69, 9.17) is 11.6 Å². The number of nitrogens with zero attached hydrogens (tertiary/aromatic N) is 3. The summed E-state index contributed by atoms with van der Waals surface area (Å²) < 4.78 is 1.23. The van der Waals surface area contributed by atoms with E-state index >= 15 is 0 Å². The molecule has 0 unspecified atom stereocenters. The Morgan fingerprint density at radius 1 is 1.15 bits per heavy atom. The molecule has 26 heavy (non-hydrogen) atoms. The third-order valence-electron chi connectivity index (χ3n) is 3.89. The number of hydrogen-bond acceptors (Lipinski definition) is 5. The van der Waals surface area contributed by atoms with Gasteiger partial charge in [0.15, 0.2) is 0 Å². The molecule has 0 bridgehead atoms. The largest absolute Gasteiger partial charge is 0.494 e. The lowest BCUT2D eigenvalue weighted by atomic mass is 10.1. The van der Waals surface area contributed by atoms with Gasteiger partial charge in [0.2, 0.25) is 11.0 Å². The number of thiazole rings is 1. The number of benzene rings is 2. The first kappa shape index (κ1) is 16.5. The van der Waals surface area contributed by atoms with Gasteiger partial charge in [0.1, 0.15) is 0 Å². The van der Waals surface area contributed by atoms with Crippen LogP contribution in [0.25, 0.3) is 16.5 Å². The van der Waals surface area contributed by atoms with E-state index in [0.717, 1.165) is 0 Å². The molecule has 0 saturated carbocycles. The van der Waals surface area contributed by atoms with Crippen LogP contribution < -0.4 is 5.56 Å². The highest BCUT2D eigenvalue weighted by Gasteiger charge is 2.16. The molecule has 0 atom stereocenters. The fraction of sp³-hybridized carbons (Fsp3) is 0. The van der Waals surface area contributed by atoms with Crippen molar-refractivity contribution in [2.45, 2.75) is 0 Å². The van der Waals surface area contributed by atoms with Crippen molar-refractivity contribution in [2.75, 3.05) is 0 Å². The van der Waals surface area contributed by atoms with Crippen LogP contribution in [0.5, 0.6) is 5.88 Å². The average Bonchev–Trinajstić information content (AvgIpc) is 3.15. The molecule has 0 aliphatic carbocycles. The third-order valence-corrected chi connectivity index (χ3v) is 4.81. The van der Waals surface area contributed by atoms with Gasteiger partial charge < -0.3 is 5.11 Å². The Kier molecular flexibility index (Phi) is 4.28. The number of aliphatic imine (C=N–C) groups is 1. The molecule has 7 heteroatoms. The van der Waals surface area contributed by atoms with Crippen molar-refractivity contribution < 1.29 is 5.11 Å². The van der Waals surface area contributed by atoms with Crippen LogP contribution in [0.15, 0.2) is 69.9 Å². The first-order chi connectivity index (χ1) is 12.6. The number of aromatic nitrogens is 2. The smallest absolute Gasteiger partial charge is 0.265 e. The molecule has 0 spiro atoms. The van der Waals surface area contributed by atoms with Crippen molar-refractivity contribution in [1.29, 1.82) is 0 Å². The highest BCUT2D eigenvalue weighted by molar-refractivity contribution is 7.13. The maximum atomic E-state index is 13.0. The number of hydrogen-bond donors (Lipinski definition) is 1. The van der Waals surface area contributed by atoms with Crippen LogP contribution in [0.3, 0.4) is 0 Å². The summed E-state index contributed by atoms with van der Waals surface area (Å²) >= 11 is 7.44. The Balaban J connectivity index is 2.03. The number of fused-ring (bicyclic) bond motifs is 1. The summed E-state index contributed by atoms with van der Waals surface area (Å²) in [6.07, 6.45) is 3.18. The van der Waals surface area contributed by atoms with E-state index in [9.17, 15) is 9.90 Å². The molecule has 4 rings (SSSR count). The van der Waals surface area contributed by atoms with Crippen LogP contribution in [0.2, 0.25) is 5.02 Å². The second-order valence-corrected chi connectivity index (χ2v) is 6.79. The Labute approximate surface area is 157 Å². The highest BCUT2D eigenvalue weighted by Crippen LogP contribution is 2.27. The van der Waals surface area contributed by atoms with Crippen LogP contribution in [0.4, 0.5) is 5.13 Å². The number of aromatic hydroxyl groups is 1. The molecule has 2 heterocycles. The topological polar surface area (TPSA) is 67.5 Å². The van der Waals surface area contributed by atoms with Gasteiger partial charge in [-0.15, -0.1) is 11.3 Å². The summed E-state index contributed by atoms with van der Waals surface area (Å²) in [6, 6.07) is 13.9. The minimum absolute atomic E-state index is 0.198. The van der Waals surface area contributed by atoms with Gasteiger partial charge in [-0.05, 0) is 24.3 Å². The van der Waals surface area contributed by atoms with Crippen LogP contribution in [0.1, 0.15) is 5.56 Å². The SMILES string of the molecule is O=c1c2ccccc2c(/C=N/c2nccs2)c(O)n1-c1cccc(Cl)c1. The molecule has 1 N–H and O–H groups in total. The van der Waals surface area contributed by atoms with E-state index in [1.54, 1.807) is 48.7 Å². The van der Waals surface area contributed by atoms with E-state index in [-0.39, 0.29) is 11.4 Å². The van der Waals surface area contributed by atoms with Crippen LogP contribution in [0, 0.1) is 0 Å². The Bertz CT molecular complexity index is 1180. The Morgan fingerprint density at radius 2 is 1.96 bits per heavy atom. The van der Waals surface area contributed by atoms with Gasteiger partial charge in [-0.2, -0.15) is 0 Å². The minimum atomic E-state index is -0.327. The zero-order valence-corrected chi connectivity index (χ0v) is 14.9. The number of pyridine rings is 1. The van der Waals surface area contributed by atoms with E-state index in [1.165, 1.54) is 22.1 Å². The molecule has 4 aromatic rings. The predicted molar refractivity (Wildman–Crippen MR) is 106 cm³/mol. The average molecular weight is 382 g/mol. The summed E-state index contributed by atoms with van der Waals surface area (Å²) in [6.45, 7) is 0. The lowest BCUT2D eigenvalue weighted by Gasteiger charge is -2.13. The van der Waals surface area contributed by atoms with Gasteiger partial charge in [-0.1, -0.05) is 35.9 Å². The fourth-order valence-corrected chi connectivity index (χ4v) is 3.41. The molecule has 0 saturated heterocycles. The maximum Gasteiger partial charge on any atom is 0.265 e. The molecule has 2 aromatic carbocycles. The Hall–Kier alpha value is -2.96. The van der Waals surface area contributed by atoms with Crippen LogP contribution in [-0.2, 0) is 0 Å². The summed E-state index contributed by atoms with van der Waals surface area (Å²) in [5.41, 5.74) is 0.594. The highest BCUT2D eigenvalue weighted by atomic mass is 35.5. The molecule has 128 valence electrons. The van der Waals surface area contributed by atoms with E-state index in [1.807, 2.05) is 11.4 Å². The predicted octanol–water partition coefficient (Wildman–Crippen LogP) is 4.56. The number of halogens is 1. The first-order valence-corrected chi connectivity index (χ1v) is 8.97. The molecule has 0 amide bonds. The van der Waals surface area contributed by atoms with Crippen molar-refractivity contribution in [2.24, 2.45) is 4.99 Å². The maximum absolute atomic E-state index is 13.0. The van der Waals surface area contributed by atoms with Crippen LogP contribution >= 0.6 is 22.9 Å². The lowest BCUT2D eigenvalue weighted by molar-refractivity contribution is 0.436. The monoisotopic (exact) mass is 381 g/mol. The van der Waals surface area contributed by atoms with Crippen molar-refractivity contribution >= 4 is 45.1 Å². The van der Waals surface area contributed by atoms with Crippen molar-refractivity contribution in [3.8, 4) is 11.6 Å². The van der Waals surface area contributed by atoms with Gasteiger partial charge >= 0.3 is 0 Å². The zero-order valence-electron chi connectivity index (χ0n) is 13.3. The molecule has 0 aliphatic heterocycles.